The highest BCUT2D eigenvalue weighted by molar-refractivity contribution is 5.81. The molecule has 1 fully saturated rings. The van der Waals surface area contributed by atoms with Crippen LogP contribution in [0.4, 0.5) is 18.0 Å². The molecule has 4 rings (SSSR count). The molecule has 2 aliphatic rings. The molecule has 1 heterocycles. The summed E-state index contributed by atoms with van der Waals surface area (Å²) in [6.45, 7) is -1.81. The molecule has 1 saturated heterocycles. The van der Waals surface area contributed by atoms with Crippen LogP contribution in [0.5, 0.6) is 0 Å². The number of carbonyl (C=O) groups excluding carboxylic acids is 1. The quantitative estimate of drug-likeness (QED) is 0.819. The number of hydrogen-bond donors (Lipinski definition) is 1. The second-order valence-electron chi connectivity index (χ2n) is 7.17. The van der Waals surface area contributed by atoms with E-state index in [4.69, 9.17) is 4.74 Å². The molecule has 9 heteroatoms. The van der Waals surface area contributed by atoms with Crippen molar-refractivity contribution in [2.24, 2.45) is 0 Å². The number of alkyl halides is 3. The van der Waals surface area contributed by atoms with Crippen molar-refractivity contribution in [1.82, 2.24) is 4.90 Å². The van der Waals surface area contributed by atoms with Crippen molar-refractivity contribution in [3.63, 3.8) is 0 Å². The van der Waals surface area contributed by atoms with E-state index in [0.29, 0.717) is 4.90 Å². The van der Waals surface area contributed by atoms with E-state index in [1.165, 1.54) is 0 Å². The second-order valence-corrected chi connectivity index (χ2v) is 7.17. The zero-order valence-electron chi connectivity index (χ0n) is 15.6. The van der Waals surface area contributed by atoms with Crippen LogP contribution in [0.3, 0.4) is 0 Å². The van der Waals surface area contributed by atoms with Crippen LogP contribution in [0.25, 0.3) is 11.1 Å². The lowest BCUT2D eigenvalue weighted by molar-refractivity contribution is -0.242. The van der Waals surface area contributed by atoms with Crippen molar-refractivity contribution in [3.8, 4) is 11.1 Å². The van der Waals surface area contributed by atoms with Crippen LogP contribution < -0.4 is 0 Å². The lowest BCUT2D eigenvalue weighted by atomic mass is 9.98. The van der Waals surface area contributed by atoms with E-state index in [0.717, 1.165) is 22.3 Å². The van der Waals surface area contributed by atoms with E-state index in [9.17, 15) is 27.9 Å². The molecule has 0 bridgehead atoms. The van der Waals surface area contributed by atoms with Gasteiger partial charge in [-0.2, -0.15) is 13.2 Å². The number of halogens is 3. The summed E-state index contributed by atoms with van der Waals surface area (Å²) in [4.78, 5) is 24.6. The number of rotatable bonds is 3. The summed E-state index contributed by atoms with van der Waals surface area (Å²) < 4.78 is 49.0. The smallest absolute Gasteiger partial charge is 0.416 e. The summed E-state index contributed by atoms with van der Waals surface area (Å²) in [6.07, 6.45) is -8.08. The molecule has 1 amide bonds. The molecule has 1 N–H and O–H groups in total. The lowest BCUT2D eigenvalue weighted by Gasteiger charge is -2.37. The highest BCUT2D eigenvalue weighted by Crippen LogP contribution is 2.44. The molecule has 6 nitrogen and oxygen atoms in total. The number of carbonyl (C=O) groups is 2. The summed E-state index contributed by atoms with van der Waals surface area (Å²) in [5.41, 5.74) is 3.88. The average molecular weight is 421 g/mol. The first-order valence-corrected chi connectivity index (χ1v) is 9.30. The molecule has 0 unspecified atom stereocenters. The lowest BCUT2D eigenvalue weighted by Crippen LogP contribution is -2.58. The van der Waals surface area contributed by atoms with Crippen LogP contribution in [0.1, 0.15) is 17.0 Å². The standard InChI is InChI=1S/C21H18F3NO5/c22-21(23,24)18-9-25(17(11-29-18)19(26)27)20(28)30-10-16-14-7-3-1-5-12(14)13-6-2-4-8-15(13)16/h1-8,16-18H,9-11H2,(H,26,27)/t17-,18-/m0/s1. The predicted molar refractivity (Wildman–Crippen MR) is 99.0 cm³/mol. The van der Waals surface area contributed by atoms with Crippen LogP contribution in [0.2, 0.25) is 0 Å². The topological polar surface area (TPSA) is 76.1 Å². The first kappa shape index (κ1) is 20.2. The van der Waals surface area contributed by atoms with E-state index in [1.54, 1.807) is 0 Å². The van der Waals surface area contributed by atoms with Gasteiger partial charge in [-0.3, -0.25) is 4.90 Å². The number of hydrogen-bond acceptors (Lipinski definition) is 4. The van der Waals surface area contributed by atoms with E-state index >= 15 is 0 Å². The maximum Gasteiger partial charge on any atom is 0.416 e. The van der Waals surface area contributed by atoms with E-state index in [1.807, 2.05) is 48.5 Å². The van der Waals surface area contributed by atoms with Gasteiger partial charge in [0.1, 0.15) is 6.61 Å². The van der Waals surface area contributed by atoms with Crippen LogP contribution in [0, 0.1) is 0 Å². The Morgan fingerprint density at radius 3 is 2.17 bits per heavy atom. The van der Waals surface area contributed by atoms with Gasteiger partial charge in [0, 0.05) is 5.92 Å². The minimum Gasteiger partial charge on any atom is -0.480 e. The number of aliphatic carboxylic acids is 1. The molecule has 30 heavy (non-hydrogen) atoms. The number of ether oxygens (including phenoxy) is 2. The van der Waals surface area contributed by atoms with Crippen LogP contribution >= 0.6 is 0 Å². The van der Waals surface area contributed by atoms with E-state index in [-0.39, 0.29) is 12.5 Å². The first-order chi connectivity index (χ1) is 14.3. The molecule has 1 aliphatic heterocycles. The molecule has 158 valence electrons. The molecule has 2 aromatic carbocycles. The van der Waals surface area contributed by atoms with Gasteiger partial charge >= 0.3 is 18.2 Å². The Morgan fingerprint density at radius 2 is 1.63 bits per heavy atom. The number of carboxylic acid groups (broad SMARTS) is 1. The largest absolute Gasteiger partial charge is 0.480 e. The van der Waals surface area contributed by atoms with Crippen molar-refractivity contribution in [2.45, 2.75) is 24.2 Å². The van der Waals surface area contributed by atoms with Gasteiger partial charge in [0.05, 0.1) is 13.2 Å². The monoisotopic (exact) mass is 421 g/mol. The fourth-order valence-electron chi connectivity index (χ4n) is 3.94. The van der Waals surface area contributed by atoms with Crippen molar-refractivity contribution >= 4 is 12.1 Å². The Balaban J connectivity index is 1.53. The molecule has 0 radical (unpaired) electrons. The number of amides is 1. The Kier molecular flexibility index (Phi) is 5.15. The van der Waals surface area contributed by atoms with Crippen molar-refractivity contribution in [2.75, 3.05) is 19.8 Å². The molecule has 0 aromatic heterocycles. The van der Waals surface area contributed by atoms with Gasteiger partial charge in [-0.25, -0.2) is 9.59 Å². The molecular weight excluding hydrogens is 403 g/mol. The number of morpholine rings is 1. The summed E-state index contributed by atoms with van der Waals surface area (Å²) in [7, 11) is 0. The predicted octanol–water partition coefficient (Wildman–Crippen LogP) is 3.65. The molecule has 0 spiro atoms. The third-order valence-corrected chi connectivity index (χ3v) is 5.41. The number of nitrogens with zero attached hydrogens (tertiary/aromatic N) is 1. The fraction of sp³-hybridized carbons (Fsp3) is 0.333. The Hall–Kier alpha value is -3.07. The Bertz CT molecular complexity index is 932. The summed E-state index contributed by atoms with van der Waals surface area (Å²) in [5, 5.41) is 9.28. The van der Waals surface area contributed by atoms with Gasteiger partial charge in [0.2, 0.25) is 0 Å². The molecular formula is C21H18F3NO5. The third kappa shape index (κ3) is 3.60. The molecule has 0 saturated carbocycles. The Labute approximate surface area is 169 Å². The van der Waals surface area contributed by atoms with Crippen molar-refractivity contribution in [1.29, 1.82) is 0 Å². The fourth-order valence-corrected chi connectivity index (χ4v) is 3.94. The highest BCUT2D eigenvalue weighted by atomic mass is 19.4. The number of fused-ring (bicyclic) bond motifs is 3. The van der Waals surface area contributed by atoms with Gasteiger partial charge in [-0.15, -0.1) is 0 Å². The molecule has 2 aromatic rings. The maximum absolute atomic E-state index is 13.0. The zero-order chi connectivity index (χ0) is 21.5. The van der Waals surface area contributed by atoms with Gasteiger partial charge in [0.25, 0.3) is 0 Å². The SMILES string of the molecule is O=C(O)[C@@H]1CO[C@H](C(F)(F)F)CN1C(=O)OCC1c2ccccc2-c2ccccc21. The van der Waals surface area contributed by atoms with E-state index in [2.05, 4.69) is 4.74 Å². The van der Waals surface area contributed by atoms with Gasteiger partial charge < -0.3 is 14.6 Å². The van der Waals surface area contributed by atoms with Crippen LogP contribution in [-0.4, -0.2) is 60.1 Å². The number of benzene rings is 2. The normalized spacial score (nSPS) is 21.1. The average Bonchev–Trinajstić information content (AvgIpc) is 3.04. The van der Waals surface area contributed by atoms with Crippen molar-refractivity contribution in [3.05, 3.63) is 59.7 Å². The molecule has 1 aliphatic carbocycles. The minimum atomic E-state index is -4.72. The van der Waals surface area contributed by atoms with Crippen LogP contribution in [-0.2, 0) is 14.3 Å². The maximum atomic E-state index is 13.0. The second kappa shape index (κ2) is 7.64. The van der Waals surface area contributed by atoms with Gasteiger partial charge in [-0.05, 0) is 22.3 Å². The van der Waals surface area contributed by atoms with Gasteiger partial charge in [-0.1, -0.05) is 48.5 Å². The first-order valence-electron chi connectivity index (χ1n) is 9.30. The van der Waals surface area contributed by atoms with Gasteiger partial charge in [0.15, 0.2) is 12.1 Å². The molecule has 2 atom stereocenters. The highest BCUT2D eigenvalue weighted by Gasteiger charge is 2.49. The summed E-state index contributed by atoms with van der Waals surface area (Å²) >= 11 is 0. The summed E-state index contributed by atoms with van der Waals surface area (Å²) in [6, 6.07) is 13.7. The third-order valence-electron chi connectivity index (χ3n) is 5.41. The number of carboxylic acids is 1. The van der Waals surface area contributed by atoms with Crippen LogP contribution in [0.15, 0.2) is 48.5 Å². The van der Waals surface area contributed by atoms with Crippen molar-refractivity contribution < 1.29 is 37.3 Å². The van der Waals surface area contributed by atoms with E-state index < -0.39 is 43.5 Å². The zero-order valence-corrected chi connectivity index (χ0v) is 15.6. The minimum absolute atomic E-state index is 0.118. The summed E-state index contributed by atoms with van der Waals surface area (Å²) in [5.74, 6) is -1.74. The Morgan fingerprint density at radius 1 is 1.07 bits per heavy atom.